The van der Waals surface area contributed by atoms with E-state index in [1.54, 1.807) is 11.8 Å². The second-order valence-corrected chi connectivity index (χ2v) is 9.68. The SMILES string of the molecule is C[C@@]12N=C3C=CC(OCC(F)(F)F)(OCC(F)(F)F)C=C3[C@]13CCC(=O)N3[C@@H](Cc1ccccc1)CO2. The van der Waals surface area contributed by atoms with E-state index in [-0.39, 0.29) is 30.9 Å². The number of halogens is 6. The number of morpholine rings is 1. The van der Waals surface area contributed by atoms with Crippen molar-refractivity contribution in [2.24, 2.45) is 4.99 Å². The fourth-order valence-corrected chi connectivity index (χ4v) is 5.72. The van der Waals surface area contributed by atoms with E-state index in [9.17, 15) is 31.1 Å². The maximum atomic E-state index is 13.3. The first kappa shape index (κ1) is 25.9. The second kappa shape index (κ2) is 8.67. The molecule has 1 aromatic carbocycles. The van der Waals surface area contributed by atoms with Gasteiger partial charge in [0.05, 0.1) is 18.4 Å². The van der Waals surface area contributed by atoms with Crippen LogP contribution in [0.5, 0.6) is 0 Å². The predicted molar refractivity (Wildman–Crippen MR) is 119 cm³/mol. The largest absolute Gasteiger partial charge is 0.411 e. The van der Waals surface area contributed by atoms with Gasteiger partial charge < -0.3 is 19.1 Å². The number of amides is 1. The van der Waals surface area contributed by atoms with Gasteiger partial charge in [-0.15, -0.1) is 0 Å². The smallest absolute Gasteiger partial charge is 0.349 e. The van der Waals surface area contributed by atoms with Crippen molar-refractivity contribution in [3.8, 4) is 0 Å². The van der Waals surface area contributed by atoms with Crippen LogP contribution in [0.1, 0.15) is 25.3 Å². The summed E-state index contributed by atoms with van der Waals surface area (Å²) in [6.45, 7) is -1.85. The third-order valence-electron chi connectivity index (χ3n) is 7.18. The van der Waals surface area contributed by atoms with Crippen molar-refractivity contribution in [3.63, 3.8) is 0 Å². The van der Waals surface area contributed by atoms with Crippen molar-refractivity contribution in [2.75, 3.05) is 19.8 Å². The summed E-state index contributed by atoms with van der Waals surface area (Å²) in [7, 11) is 0. The summed E-state index contributed by atoms with van der Waals surface area (Å²) in [6, 6.07) is 8.97. The van der Waals surface area contributed by atoms with Crippen LogP contribution in [0.2, 0.25) is 0 Å². The summed E-state index contributed by atoms with van der Waals surface area (Å²) >= 11 is 0. The summed E-state index contributed by atoms with van der Waals surface area (Å²) in [5.74, 6) is -2.66. The number of ether oxygens (including phenoxy) is 3. The highest BCUT2D eigenvalue weighted by Crippen LogP contribution is 2.56. The van der Waals surface area contributed by atoms with Gasteiger partial charge >= 0.3 is 12.4 Å². The Morgan fingerprint density at radius 1 is 1.08 bits per heavy atom. The van der Waals surface area contributed by atoms with E-state index in [1.807, 2.05) is 30.3 Å². The number of hydrogen-bond acceptors (Lipinski definition) is 5. The lowest BCUT2D eigenvalue weighted by Crippen LogP contribution is -2.68. The zero-order chi connectivity index (χ0) is 26.7. The first-order valence-electron chi connectivity index (χ1n) is 11.7. The van der Waals surface area contributed by atoms with Gasteiger partial charge in [-0.05, 0) is 43.6 Å². The molecule has 1 aliphatic carbocycles. The molecule has 200 valence electrons. The predicted octanol–water partition coefficient (Wildman–Crippen LogP) is 4.51. The molecule has 2 saturated heterocycles. The number of hydrogen-bond donors (Lipinski definition) is 0. The third kappa shape index (κ3) is 4.59. The normalized spacial score (nSPS) is 30.5. The zero-order valence-corrected chi connectivity index (χ0v) is 19.7. The van der Waals surface area contributed by atoms with Crippen LogP contribution < -0.4 is 0 Å². The van der Waals surface area contributed by atoms with Crippen LogP contribution in [0.15, 0.2) is 59.1 Å². The zero-order valence-electron chi connectivity index (χ0n) is 19.7. The Kier molecular flexibility index (Phi) is 6.08. The van der Waals surface area contributed by atoms with E-state index in [4.69, 9.17) is 14.2 Å². The lowest BCUT2D eigenvalue weighted by molar-refractivity contribution is -0.274. The van der Waals surface area contributed by atoms with Gasteiger partial charge in [0.15, 0.2) is 5.72 Å². The Morgan fingerprint density at radius 3 is 2.35 bits per heavy atom. The molecule has 0 radical (unpaired) electrons. The molecule has 0 bridgehead atoms. The van der Waals surface area contributed by atoms with Crippen LogP contribution in [-0.4, -0.2) is 71.8 Å². The number of alkyl halides is 6. The molecule has 4 aliphatic rings. The first-order valence-corrected chi connectivity index (χ1v) is 11.7. The van der Waals surface area contributed by atoms with E-state index >= 15 is 0 Å². The molecular weight excluding hydrogens is 506 g/mol. The maximum Gasteiger partial charge on any atom is 0.411 e. The fourth-order valence-electron chi connectivity index (χ4n) is 5.72. The molecule has 0 saturated carbocycles. The van der Waals surface area contributed by atoms with Crippen molar-refractivity contribution in [1.29, 1.82) is 0 Å². The molecule has 0 N–H and O–H groups in total. The summed E-state index contributed by atoms with van der Waals surface area (Å²) in [4.78, 5) is 19.6. The van der Waals surface area contributed by atoms with Gasteiger partial charge in [-0.25, -0.2) is 4.99 Å². The van der Waals surface area contributed by atoms with Crippen LogP contribution in [0.25, 0.3) is 0 Å². The molecule has 0 aromatic heterocycles. The monoisotopic (exact) mass is 530 g/mol. The van der Waals surface area contributed by atoms with E-state index in [1.165, 1.54) is 6.08 Å². The van der Waals surface area contributed by atoms with E-state index in [0.29, 0.717) is 12.1 Å². The van der Waals surface area contributed by atoms with Gasteiger partial charge in [0.1, 0.15) is 18.8 Å². The number of nitrogens with zero attached hydrogens (tertiary/aromatic N) is 2. The molecular formula is C25H24F6N2O4. The first-order chi connectivity index (χ1) is 17.3. The summed E-state index contributed by atoms with van der Waals surface area (Å²) in [5.41, 5.74) is -1.03. The van der Waals surface area contributed by atoms with Crippen molar-refractivity contribution >= 4 is 11.6 Å². The van der Waals surface area contributed by atoms with Crippen molar-refractivity contribution in [3.05, 3.63) is 59.7 Å². The average Bonchev–Trinajstić information content (AvgIpc) is 3.30. The lowest BCUT2D eigenvalue weighted by Gasteiger charge is -2.53. The minimum atomic E-state index is -4.82. The quantitative estimate of drug-likeness (QED) is 0.401. The molecule has 37 heavy (non-hydrogen) atoms. The van der Waals surface area contributed by atoms with Gasteiger partial charge in [-0.1, -0.05) is 30.3 Å². The molecule has 0 unspecified atom stereocenters. The maximum absolute atomic E-state index is 13.3. The van der Waals surface area contributed by atoms with Crippen LogP contribution >= 0.6 is 0 Å². The van der Waals surface area contributed by atoms with Crippen LogP contribution in [0.3, 0.4) is 0 Å². The van der Waals surface area contributed by atoms with Crippen molar-refractivity contribution in [2.45, 2.75) is 61.6 Å². The molecule has 5 rings (SSSR count). The Labute approximate surface area is 208 Å². The van der Waals surface area contributed by atoms with Crippen LogP contribution in [0, 0.1) is 0 Å². The third-order valence-corrected chi connectivity index (χ3v) is 7.18. The highest BCUT2D eigenvalue weighted by molar-refractivity contribution is 6.14. The van der Waals surface area contributed by atoms with E-state index < -0.39 is 48.7 Å². The molecule has 6 nitrogen and oxygen atoms in total. The van der Waals surface area contributed by atoms with Gasteiger partial charge in [0.2, 0.25) is 11.7 Å². The number of fused-ring (bicyclic) bond motifs is 1. The number of benzene rings is 1. The Balaban J connectivity index is 1.56. The highest BCUT2D eigenvalue weighted by atomic mass is 19.4. The van der Waals surface area contributed by atoms with Crippen LogP contribution in [-0.2, 0) is 25.4 Å². The van der Waals surface area contributed by atoms with Gasteiger partial charge in [0, 0.05) is 12.0 Å². The van der Waals surface area contributed by atoms with E-state index in [0.717, 1.165) is 17.7 Å². The van der Waals surface area contributed by atoms with Crippen molar-refractivity contribution in [1.82, 2.24) is 4.90 Å². The topological polar surface area (TPSA) is 60.4 Å². The highest BCUT2D eigenvalue weighted by Gasteiger charge is 2.68. The lowest BCUT2D eigenvalue weighted by atomic mass is 9.75. The number of rotatable bonds is 6. The molecule has 1 aromatic rings. The molecule has 3 aliphatic heterocycles. The summed E-state index contributed by atoms with van der Waals surface area (Å²) < 4.78 is 94.3. The molecule has 3 atom stereocenters. The minimum absolute atomic E-state index is 0.119. The number of aliphatic imine (C=N–C) groups is 1. The fraction of sp³-hybridized carbons (Fsp3) is 0.520. The average molecular weight is 530 g/mol. The summed E-state index contributed by atoms with van der Waals surface area (Å²) in [5, 5.41) is 0. The van der Waals surface area contributed by atoms with Crippen molar-refractivity contribution < 1.29 is 45.3 Å². The minimum Gasteiger partial charge on any atom is -0.349 e. The Bertz CT molecular complexity index is 1140. The number of carbonyl (C=O) groups is 1. The Hall–Kier alpha value is -2.70. The van der Waals surface area contributed by atoms with Gasteiger partial charge in [0.25, 0.3) is 0 Å². The molecule has 3 heterocycles. The number of carbonyl (C=O) groups excluding carboxylic acids is 1. The Morgan fingerprint density at radius 2 is 1.73 bits per heavy atom. The second-order valence-electron chi connectivity index (χ2n) is 9.68. The van der Waals surface area contributed by atoms with E-state index in [2.05, 4.69) is 4.99 Å². The van der Waals surface area contributed by atoms with Gasteiger partial charge in [-0.3, -0.25) is 4.79 Å². The molecule has 2 fully saturated rings. The van der Waals surface area contributed by atoms with Gasteiger partial charge in [-0.2, -0.15) is 26.3 Å². The molecule has 12 heteroatoms. The molecule has 1 spiro atoms. The number of allylic oxidation sites excluding steroid dienone is 1. The van der Waals surface area contributed by atoms with Crippen LogP contribution in [0.4, 0.5) is 26.3 Å². The molecule has 1 amide bonds. The summed E-state index contributed by atoms with van der Waals surface area (Å²) in [6.07, 6.45) is -5.51. The standard InChI is InChI=1S/C25H24F6N2O4/c1-21-23(10-8-20(34)33(23)17(13-35-21)11-16-5-3-2-4-6-16)18-12-22(9-7-19(18)32-21,36-14-24(26,27)28)37-15-25(29,30)31/h2-7,9,12,17H,8,10-11,13-15H2,1H3/t17-,21-,23+/m0/s1.